The summed E-state index contributed by atoms with van der Waals surface area (Å²) in [5, 5.41) is 13.8. The molecule has 1 aromatic carbocycles. The van der Waals surface area contributed by atoms with Gasteiger partial charge in [0.25, 0.3) is 0 Å². The van der Waals surface area contributed by atoms with Crippen molar-refractivity contribution in [1.82, 2.24) is 10.2 Å². The Balaban J connectivity index is 1.72. The lowest BCUT2D eigenvalue weighted by Gasteiger charge is -2.33. The predicted octanol–water partition coefficient (Wildman–Crippen LogP) is 2.43. The summed E-state index contributed by atoms with van der Waals surface area (Å²) in [4.78, 5) is 2.39. The highest BCUT2D eigenvalue weighted by Gasteiger charge is 2.21. The average Bonchev–Trinajstić information content (AvgIpc) is 2.47. The molecular formula is C17H28N2O. The summed E-state index contributed by atoms with van der Waals surface area (Å²) in [5.41, 5.74) is 1.02. The van der Waals surface area contributed by atoms with Crippen molar-refractivity contribution in [2.45, 2.75) is 38.8 Å². The molecule has 1 aliphatic rings. The number of hydrogen-bond acceptors (Lipinski definition) is 3. The van der Waals surface area contributed by atoms with Crippen LogP contribution in [0.4, 0.5) is 0 Å². The first-order valence-corrected chi connectivity index (χ1v) is 7.84. The summed E-state index contributed by atoms with van der Waals surface area (Å²) >= 11 is 0. The normalized spacial score (nSPS) is 19.4. The zero-order valence-electron chi connectivity index (χ0n) is 12.8. The summed E-state index contributed by atoms with van der Waals surface area (Å²) in [5.74, 6) is 0.794. The van der Waals surface area contributed by atoms with E-state index in [1.807, 2.05) is 30.3 Å². The van der Waals surface area contributed by atoms with Crippen LogP contribution in [0, 0.1) is 5.92 Å². The number of likely N-dealkylation sites (tertiary alicyclic amines) is 1. The van der Waals surface area contributed by atoms with Gasteiger partial charge in [0.2, 0.25) is 0 Å². The molecule has 0 aromatic heterocycles. The minimum atomic E-state index is -0.360. The van der Waals surface area contributed by atoms with E-state index in [-0.39, 0.29) is 6.10 Å². The van der Waals surface area contributed by atoms with Crippen molar-refractivity contribution in [3.63, 3.8) is 0 Å². The molecule has 0 aliphatic carbocycles. The van der Waals surface area contributed by atoms with E-state index in [1.54, 1.807) is 0 Å². The molecule has 3 heteroatoms. The number of rotatable bonds is 6. The van der Waals surface area contributed by atoms with Crippen LogP contribution in [0.1, 0.15) is 38.4 Å². The molecule has 0 bridgehead atoms. The second-order valence-electron chi connectivity index (χ2n) is 6.23. The van der Waals surface area contributed by atoms with Crippen LogP contribution in [0.2, 0.25) is 0 Å². The fraction of sp³-hybridized carbons (Fsp3) is 0.647. The van der Waals surface area contributed by atoms with E-state index in [0.29, 0.717) is 6.04 Å². The first-order chi connectivity index (χ1) is 9.65. The molecule has 2 N–H and O–H groups in total. The van der Waals surface area contributed by atoms with Crippen LogP contribution in [-0.2, 0) is 0 Å². The zero-order chi connectivity index (χ0) is 14.4. The van der Waals surface area contributed by atoms with E-state index in [4.69, 9.17) is 0 Å². The Morgan fingerprint density at radius 2 is 1.85 bits per heavy atom. The Bertz CT molecular complexity index is 372. The van der Waals surface area contributed by atoms with Gasteiger partial charge in [-0.25, -0.2) is 0 Å². The minimum absolute atomic E-state index is 0.360. The van der Waals surface area contributed by atoms with Crippen molar-refractivity contribution in [2.24, 2.45) is 5.92 Å². The van der Waals surface area contributed by atoms with Gasteiger partial charge in [0, 0.05) is 12.6 Å². The molecule has 0 amide bonds. The minimum Gasteiger partial charge on any atom is -0.387 e. The molecule has 1 heterocycles. The van der Waals surface area contributed by atoms with E-state index < -0.39 is 0 Å². The van der Waals surface area contributed by atoms with Crippen LogP contribution >= 0.6 is 0 Å². The van der Waals surface area contributed by atoms with E-state index in [0.717, 1.165) is 37.7 Å². The zero-order valence-corrected chi connectivity index (χ0v) is 12.8. The molecular weight excluding hydrogens is 248 g/mol. The highest BCUT2D eigenvalue weighted by Crippen LogP contribution is 2.20. The molecule has 1 fully saturated rings. The lowest BCUT2D eigenvalue weighted by atomic mass is 9.96. The van der Waals surface area contributed by atoms with Gasteiger partial charge >= 0.3 is 0 Å². The first kappa shape index (κ1) is 15.5. The molecule has 112 valence electrons. The van der Waals surface area contributed by atoms with Crippen LogP contribution in [0.5, 0.6) is 0 Å². The van der Waals surface area contributed by atoms with E-state index in [1.165, 1.54) is 12.8 Å². The standard InChI is InChI=1S/C17H28N2O/c1-14(2)18-12-15-8-10-19(11-9-15)13-17(20)16-6-4-3-5-7-16/h3-7,14-15,17-18,20H,8-13H2,1-2H3. The first-order valence-electron chi connectivity index (χ1n) is 7.84. The molecule has 1 atom stereocenters. The molecule has 0 saturated carbocycles. The van der Waals surface area contributed by atoms with E-state index >= 15 is 0 Å². The van der Waals surface area contributed by atoms with E-state index in [9.17, 15) is 5.11 Å². The summed E-state index contributed by atoms with van der Waals surface area (Å²) in [7, 11) is 0. The summed E-state index contributed by atoms with van der Waals surface area (Å²) in [6, 6.07) is 10.6. The van der Waals surface area contributed by atoms with Crippen molar-refractivity contribution < 1.29 is 5.11 Å². The molecule has 2 rings (SSSR count). The maximum Gasteiger partial charge on any atom is 0.0916 e. The molecule has 1 saturated heterocycles. The van der Waals surface area contributed by atoms with Crippen molar-refractivity contribution in [2.75, 3.05) is 26.2 Å². The number of piperidine rings is 1. The molecule has 0 spiro atoms. The van der Waals surface area contributed by atoms with Gasteiger partial charge in [0.1, 0.15) is 0 Å². The van der Waals surface area contributed by atoms with Crippen LogP contribution in [0.15, 0.2) is 30.3 Å². The number of β-amino-alcohol motifs (C(OH)–C–C–N with tert-alkyl or cyclic N) is 1. The van der Waals surface area contributed by atoms with Crippen molar-refractivity contribution in [3.05, 3.63) is 35.9 Å². The Morgan fingerprint density at radius 1 is 1.20 bits per heavy atom. The summed E-state index contributed by atoms with van der Waals surface area (Å²) in [6.45, 7) is 8.50. The Hall–Kier alpha value is -0.900. The average molecular weight is 276 g/mol. The third kappa shape index (κ3) is 4.89. The number of aliphatic hydroxyl groups is 1. The van der Waals surface area contributed by atoms with E-state index in [2.05, 4.69) is 24.1 Å². The molecule has 3 nitrogen and oxygen atoms in total. The van der Waals surface area contributed by atoms with Gasteiger partial charge in [0.05, 0.1) is 6.10 Å². The molecule has 0 radical (unpaired) electrons. The smallest absolute Gasteiger partial charge is 0.0916 e. The molecule has 1 unspecified atom stereocenters. The van der Waals surface area contributed by atoms with Crippen LogP contribution in [0.25, 0.3) is 0 Å². The molecule has 1 aromatic rings. The van der Waals surface area contributed by atoms with Crippen molar-refractivity contribution >= 4 is 0 Å². The van der Waals surface area contributed by atoms with Crippen LogP contribution in [0.3, 0.4) is 0 Å². The second kappa shape index (κ2) is 7.77. The number of nitrogens with one attached hydrogen (secondary N) is 1. The third-order valence-electron chi connectivity index (χ3n) is 4.14. The quantitative estimate of drug-likeness (QED) is 0.837. The lowest BCUT2D eigenvalue weighted by molar-refractivity contribution is 0.0889. The molecule has 1 aliphatic heterocycles. The topological polar surface area (TPSA) is 35.5 Å². The van der Waals surface area contributed by atoms with Gasteiger partial charge < -0.3 is 15.3 Å². The summed E-state index contributed by atoms with van der Waals surface area (Å²) < 4.78 is 0. The predicted molar refractivity (Wildman–Crippen MR) is 83.7 cm³/mol. The third-order valence-corrected chi connectivity index (χ3v) is 4.14. The second-order valence-corrected chi connectivity index (χ2v) is 6.23. The largest absolute Gasteiger partial charge is 0.387 e. The van der Waals surface area contributed by atoms with Gasteiger partial charge in [0.15, 0.2) is 0 Å². The summed E-state index contributed by atoms with van der Waals surface area (Å²) in [6.07, 6.45) is 2.11. The number of nitrogens with zero attached hydrogens (tertiary/aromatic N) is 1. The monoisotopic (exact) mass is 276 g/mol. The maximum absolute atomic E-state index is 10.3. The van der Waals surface area contributed by atoms with Gasteiger partial charge in [-0.1, -0.05) is 44.2 Å². The van der Waals surface area contributed by atoms with Gasteiger partial charge in [-0.05, 0) is 44.0 Å². The molecule has 20 heavy (non-hydrogen) atoms. The number of hydrogen-bond donors (Lipinski definition) is 2. The highest BCUT2D eigenvalue weighted by atomic mass is 16.3. The van der Waals surface area contributed by atoms with Crippen LogP contribution < -0.4 is 5.32 Å². The van der Waals surface area contributed by atoms with Gasteiger partial charge in [-0.2, -0.15) is 0 Å². The van der Waals surface area contributed by atoms with Crippen molar-refractivity contribution in [1.29, 1.82) is 0 Å². The Morgan fingerprint density at radius 3 is 2.45 bits per heavy atom. The number of benzene rings is 1. The van der Waals surface area contributed by atoms with Crippen molar-refractivity contribution in [3.8, 4) is 0 Å². The number of aliphatic hydroxyl groups excluding tert-OH is 1. The van der Waals surface area contributed by atoms with Gasteiger partial charge in [-0.15, -0.1) is 0 Å². The Kier molecular flexibility index (Phi) is 6.02. The lowest BCUT2D eigenvalue weighted by Crippen LogP contribution is -2.40. The SMILES string of the molecule is CC(C)NCC1CCN(CC(O)c2ccccc2)CC1. The fourth-order valence-corrected chi connectivity index (χ4v) is 2.80. The fourth-order valence-electron chi connectivity index (χ4n) is 2.80. The van der Waals surface area contributed by atoms with Gasteiger partial charge in [-0.3, -0.25) is 0 Å². The van der Waals surface area contributed by atoms with Crippen LogP contribution in [-0.4, -0.2) is 42.2 Å². The highest BCUT2D eigenvalue weighted by molar-refractivity contribution is 5.17. The Labute approximate surface area is 123 Å². The maximum atomic E-state index is 10.3.